The summed E-state index contributed by atoms with van der Waals surface area (Å²) in [6.45, 7) is 0. The Morgan fingerprint density at radius 3 is 2.56 bits per heavy atom. The summed E-state index contributed by atoms with van der Waals surface area (Å²) in [7, 11) is 0. The monoisotopic (exact) mass is 279 g/mol. The van der Waals surface area contributed by atoms with E-state index in [1.165, 1.54) is 0 Å². The molecule has 2 N–H and O–H groups in total. The maximum Gasteiger partial charge on any atom is 0.228 e. The SMILES string of the molecule is Nc1c(Cl)cc(-c2nc3ncccc3o2)cc1Cl. The molecule has 0 unspecified atom stereocenters. The number of benzene rings is 1. The summed E-state index contributed by atoms with van der Waals surface area (Å²) in [5.41, 5.74) is 7.83. The van der Waals surface area contributed by atoms with Gasteiger partial charge in [-0.05, 0) is 24.3 Å². The van der Waals surface area contributed by atoms with Crippen molar-refractivity contribution in [2.45, 2.75) is 0 Å². The van der Waals surface area contributed by atoms with Crippen LogP contribution in [-0.4, -0.2) is 9.97 Å². The van der Waals surface area contributed by atoms with Crippen molar-refractivity contribution in [1.82, 2.24) is 9.97 Å². The standard InChI is InChI=1S/C12H7Cl2N3O/c13-7-4-6(5-8(14)10(7)15)12-17-11-9(18-12)2-1-3-16-11/h1-5H,15H2. The quantitative estimate of drug-likeness (QED) is 0.689. The molecule has 3 aromatic rings. The highest BCUT2D eigenvalue weighted by Gasteiger charge is 2.12. The molecule has 2 aromatic heterocycles. The molecule has 3 rings (SSSR count). The van der Waals surface area contributed by atoms with Crippen LogP contribution in [0.4, 0.5) is 5.69 Å². The number of oxazole rings is 1. The summed E-state index contributed by atoms with van der Waals surface area (Å²) < 4.78 is 5.57. The summed E-state index contributed by atoms with van der Waals surface area (Å²) in [5, 5.41) is 0.737. The topological polar surface area (TPSA) is 64.9 Å². The molecule has 0 spiro atoms. The lowest BCUT2D eigenvalue weighted by atomic mass is 10.2. The molecule has 6 heteroatoms. The van der Waals surface area contributed by atoms with Gasteiger partial charge in [0, 0.05) is 11.8 Å². The van der Waals surface area contributed by atoms with E-state index in [2.05, 4.69) is 9.97 Å². The number of anilines is 1. The minimum Gasteiger partial charge on any atom is -0.434 e. The lowest BCUT2D eigenvalue weighted by Gasteiger charge is -2.02. The third-order valence-electron chi connectivity index (χ3n) is 2.49. The largest absolute Gasteiger partial charge is 0.434 e. The second-order valence-electron chi connectivity index (χ2n) is 3.70. The number of rotatable bonds is 1. The molecule has 0 aliphatic carbocycles. The predicted octanol–water partition coefficient (Wildman–Crippen LogP) is 3.78. The van der Waals surface area contributed by atoms with Gasteiger partial charge in [0.25, 0.3) is 0 Å². The Balaban J connectivity index is 2.20. The van der Waals surface area contributed by atoms with Crippen LogP contribution in [0.3, 0.4) is 0 Å². The molecule has 18 heavy (non-hydrogen) atoms. The molecule has 0 radical (unpaired) electrons. The van der Waals surface area contributed by atoms with Gasteiger partial charge in [-0.2, -0.15) is 4.98 Å². The second-order valence-corrected chi connectivity index (χ2v) is 4.51. The normalized spacial score (nSPS) is 11.0. The Morgan fingerprint density at radius 2 is 1.89 bits per heavy atom. The first-order chi connectivity index (χ1) is 8.65. The Kier molecular flexibility index (Phi) is 2.61. The molecule has 4 nitrogen and oxygen atoms in total. The van der Waals surface area contributed by atoms with Crippen molar-refractivity contribution in [2.24, 2.45) is 0 Å². The zero-order valence-electron chi connectivity index (χ0n) is 9.02. The van der Waals surface area contributed by atoms with Crippen LogP contribution in [0.5, 0.6) is 0 Å². The lowest BCUT2D eigenvalue weighted by molar-refractivity contribution is 0.619. The van der Waals surface area contributed by atoms with Gasteiger partial charge in [-0.1, -0.05) is 23.2 Å². The zero-order valence-corrected chi connectivity index (χ0v) is 10.5. The van der Waals surface area contributed by atoms with Crippen LogP contribution in [0.25, 0.3) is 22.7 Å². The number of hydrogen-bond donors (Lipinski definition) is 1. The minimum absolute atomic E-state index is 0.344. The Labute approximate surface area is 112 Å². The van der Waals surface area contributed by atoms with Gasteiger partial charge in [-0.15, -0.1) is 0 Å². The van der Waals surface area contributed by atoms with Crippen LogP contribution in [-0.2, 0) is 0 Å². The first-order valence-electron chi connectivity index (χ1n) is 5.11. The maximum absolute atomic E-state index is 5.97. The second kappa shape index (κ2) is 4.15. The Hall–Kier alpha value is -1.78. The Bertz CT molecular complexity index is 683. The first kappa shape index (κ1) is 11.3. The van der Waals surface area contributed by atoms with Gasteiger partial charge in [0.05, 0.1) is 15.7 Å². The van der Waals surface area contributed by atoms with E-state index < -0.39 is 0 Å². The molecule has 0 atom stereocenters. The van der Waals surface area contributed by atoms with Crippen molar-refractivity contribution in [3.05, 3.63) is 40.5 Å². The van der Waals surface area contributed by atoms with E-state index >= 15 is 0 Å². The molecule has 0 aliphatic heterocycles. The molecule has 1 aromatic carbocycles. The number of halogens is 2. The minimum atomic E-state index is 0.344. The summed E-state index contributed by atoms with van der Waals surface area (Å²) in [6, 6.07) is 6.89. The van der Waals surface area contributed by atoms with Crippen LogP contribution < -0.4 is 5.73 Å². The van der Waals surface area contributed by atoms with E-state index in [0.717, 1.165) is 0 Å². The fourth-order valence-electron chi connectivity index (χ4n) is 1.60. The summed E-state index contributed by atoms with van der Waals surface area (Å²) in [5.74, 6) is 0.410. The summed E-state index contributed by atoms with van der Waals surface area (Å²) >= 11 is 11.9. The van der Waals surface area contributed by atoms with E-state index in [4.69, 9.17) is 33.4 Å². The van der Waals surface area contributed by atoms with E-state index in [9.17, 15) is 0 Å². The molecule has 0 saturated heterocycles. The van der Waals surface area contributed by atoms with Crippen molar-refractivity contribution < 1.29 is 4.42 Å². The highest BCUT2D eigenvalue weighted by Crippen LogP contribution is 2.33. The van der Waals surface area contributed by atoms with Gasteiger partial charge in [0.1, 0.15) is 0 Å². The van der Waals surface area contributed by atoms with E-state index in [-0.39, 0.29) is 0 Å². The third kappa shape index (κ3) is 1.79. The van der Waals surface area contributed by atoms with Crippen LogP contribution in [0.15, 0.2) is 34.9 Å². The number of hydrogen-bond acceptors (Lipinski definition) is 4. The number of nitrogens with zero attached hydrogens (tertiary/aromatic N) is 2. The van der Waals surface area contributed by atoms with Crippen LogP contribution in [0, 0.1) is 0 Å². The van der Waals surface area contributed by atoms with Gasteiger partial charge >= 0.3 is 0 Å². The van der Waals surface area contributed by atoms with Crippen LogP contribution in [0.1, 0.15) is 0 Å². The average Bonchev–Trinajstić information content (AvgIpc) is 2.79. The van der Waals surface area contributed by atoms with Crippen molar-refractivity contribution in [3.63, 3.8) is 0 Å². The van der Waals surface area contributed by atoms with Gasteiger partial charge < -0.3 is 10.2 Å². The number of nitrogens with two attached hydrogens (primary N) is 1. The molecule has 0 saturated carbocycles. The summed E-state index contributed by atoms with van der Waals surface area (Å²) in [6.07, 6.45) is 1.65. The molecule has 2 heterocycles. The van der Waals surface area contributed by atoms with Gasteiger partial charge in [-0.25, -0.2) is 4.98 Å². The maximum atomic E-state index is 5.97. The average molecular weight is 280 g/mol. The highest BCUT2D eigenvalue weighted by atomic mass is 35.5. The fraction of sp³-hybridized carbons (Fsp3) is 0. The first-order valence-corrected chi connectivity index (χ1v) is 5.87. The molecule has 0 amide bonds. The van der Waals surface area contributed by atoms with Crippen molar-refractivity contribution in [2.75, 3.05) is 5.73 Å². The van der Waals surface area contributed by atoms with Gasteiger partial charge in [0.2, 0.25) is 5.89 Å². The zero-order chi connectivity index (χ0) is 12.7. The molecule has 0 bridgehead atoms. The predicted molar refractivity (Wildman–Crippen MR) is 71.7 cm³/mol. The third-order valence-corrected chi connectivity index (χ3v) is 3.12. The molecule has 90 valence electrons. The number of pyridine rings is 1. The highest BCUT2D eigenvalue weighted by molar-refractivity contribution is 6.39. The molecular formula is C12H7Cl2N3O. The van der Waals surface area contributed by atoms with Crippen molar-refractivity contribution >= 4 is 40.1 Å². The van der Waals surface area contributed by atoms with Crippen LogP contribution in [0.2, 0.25) is 10.0 Å². The van der Waals surface area contributed by atoms with Crippen molar-refractivity contribution in [3.8, 4) is 11.5 Å². The van der Waals surface area contributed by atoms with Gasteiger partial charge in [-0.3, -0.25) is 0 Å². The molecule has 0 fully saturated rings. The van der Waals surface area contributed by atoms with E-state index in [1.54, 1.807) is 30.5 Å². The smallest absolute Gasteiger partial charge is 0.228 e. The lowest BCUT2D eigenvalue weighted by Crippen LogP contribution is -1.89. The van der Waals surface area contributed by atoms with E-state index in [0.29, 0.717) is 38.4 Å². The number of fused-ring (bicyclic) bond motifs is 1. The fourth-order valence-corrected chi connectivity index (χ4v) is 2.09. The Morgan fingerprint density at radius 1 is 1.17 bits per heavy atom. The molecular weight excluding hydrogens is 273 g/mol. The molecule has 0 aliphatic rings. The van der Waals surface area contributed by atoms with Crippen LogP contribution >= 0.6 is 23.2 Å². The van der Waals surface area contributed by atoms with E-state index in [1.807, 2.05) is 0 Å². The summed E-state index contributed by atoms with van der Waals surface area (Å²) in [4.78, 5) is 8.35. The number of aromatic nitrogens is 2. The van der Waals surface area contributed by atoms with Crippen molar-refractivity contribution in [1.29, 1.82) is 0 Å². The number of nitrogen functional groups attached to an aromatic ring is 1. The van der Waals surface area contributed by atoms with Gasteiger partial charge in [0.15, 0.2) is 11.2 Å².